The summed E-state index contributed by atoms with van der Waals surface area (Å²) < 4.78 is 9.34. The number of ether oxygens (including phenoxy) is 2. The van der Waals surface area contributed by atoms with E-state index in [1.54, 1.807) is 6.92 Å². The third-order valence-corrected chi connectivity index (χ3v) is 2.36. The van der Waals surface area contributed by atoms with Crippen molar-refractivity contribution in [3.8, 4) is 0 Å². The fourth-order valence-corrected chi connectivity index (χ4v) is 1.24. The molecule has 0 bridgehead atoms. The van der Waals surface area contributed by atoms with Gasteiger partial charge in [-0.1, -0.05) is 33.1 Å². The smallest absolute Gasteiger partial charge is 0.317 e. The lowest BCUT2D eigenvalue weighted by Crippen LogP contribution is -2.14. The lowest BCUT2D eigenvalue weighted by Gasteiger charge is -2.03. The van der Waals surface area contributed by atoms with Crippen molar-refractivity contribution in [3.63, 3.8) is 0 Å². The Balaban J connectivity index is 0. The molecule has 0 unspecified atom stereocenters. The van der Waals surface area contributed by atoms with Crippen LogP contribution in [-0.2, 0) is 19.1 Å². The minimum atomic E-state index is -0.524. The van der Waals surface area contributed by atoms with Crippen molar-refractivity contribution < 1.29 is 19.1 Å². The Morgan fingerprint density at radius 3 is 1.89 bits per heavy atom. The van der Waals surface area contributed by atoms with Crippen molar-refractivity contribution in [2.75, 3.05) is 19.1 Å². The van der Waals surface area contributed by atoms with Crippen LogP contribution >= 0.6 is 11.6 Å². The fraction of sp³-hybridized carbons (Fsp3) is 0.857. The van der Waals surface area contributed by atoms with Crippen LogP contribution in [0.5, 0.6) is 0 Å². The third-order valence-electron chi connectivity index (χ3n) is 2.09. The monoisotopic (exact) mass is 294 g/mol. The number of carbonyl (C=O) groups is 2. The molecule has 5 heteroatoms. The van der Waals surface area contributed by atoms with Crippen molar-refractivity contribution in [1.82, 2.24) is 0 Å². The summed E-state index contributed by atoms with van der Waals surface area (Å²) in [6.45, 7) is 6.54. The number of hydrogen-bond acceptors (Lipinski definition) is 4. The van der Waals surface area contributed by atoms with E-state index < -0.39 is 11.9 Å². The second-order valence-corrected chi connectivity index (χ2v) is 4.33. The normalized spacial score (nSPS) is 9.26. The van der Waals surface area contributed by atoms with Gasteiger partial charge in [0.1, 0.15) is 6.42 Å². The standard InChI is InChI=1S/C9H16O4.C5H11Cl/c1-3-5-6-13-9(11)7-8(10)12-4-2;1-2-3-4-5-6/h3-7H2,1-2H3;2-5H2,1H3. The van der Waals surface area contributed by atoms with Crippen molar-refractivity contribution in [3.05, 3.63) is 0 Å². The molecule has 0 rings (SSSR count). The number of hydrogen-bond donors (Lipinski definition) is 0. The zero-order chi connectivity index (χ0) is 14.9. The first-order chi connectivity index (χ1) is 9.12. The van der Waals surface area contributed by atoms with Crippen molar-refractivity contribution in [1.29, 1.82) is 0 Å². The van der Waals surface area contributed by atoms with Crippen molar-refractivity contribution >= 4 is 23.5 Å². The molecule has 0 radical (unpaired) electrons. The first-order valence-corrected chi connectivity index (χ1v) is 7.52. The molecule has 0 aromatic heterocycles. The fourth-order valence-electron chi connectivity index (χ4n) is 1.06. The average molecular weight is 295 g/mol. The number of alkyl halides is 1. The summed E-state index contributed by atoms with van der Waals surface area (Å²) >= 11 is 5.38. The van der Waals surface area contributed by atoms with E-state index in [0.29, 0.717) is 13.2 Å². The number of esters is 2. The van der Waals surface area contributed by atoms with Gasteiger partial charge in [0, 0.05) is 5.88 Å². The minimum Gasteiger partial charge on any atom is -0.466 e. The molecule has 0 spiro atoms. The van der Waals surface area contributed by atoms with Gasteiger partial charge >= 0.3 is 11.9 Å². The second-order valence-electron chi connectivity index (χ2n) is 3.95. The summed E-state index contributed by atoms with van der Waals surface area (Å²) in [5, 5.41) is 0. The number of halogens is 1. The molecule has 0 saturated carbocycles. The highest BCUT2D eigenvalue weighted by atomic mass is 35.5. The molecule has 0 aliphatic rings. The van der Waals surface area contributed by atoms with Gasteiger partial charge in [0.25, 0.3) is 0 Å². The van der Waals surface area contributed by atoms with E-state index in [4.69, 9.17) is 16.3 Å². The molecule has 0 aromatic carbocycles. The molecule has 0 heterocycles. The molecule has 4 nitrogen and oxygen atoms in total. The van der Waals surface area contributed by atoms with Gasteiger partial charge < -0.3 is 9.47 Å². The van der Waals surface area contributed by atoms with Gasteiger partial charge in [-0.15, -0.1) is 11.6 Å². The highest BCUT2D eigenvalue weighted by Gasteiger charge is 2.10. The maximum atomic E-state index is 10.9. The van der Waals surface area contributed by atoms with Crippen LogP contribution in [0.4, 0.5) is 0 Å². The first-order valence-electron chi connectivity index (χ1n) is 6.99. The van der Waals surface area contributed by atoms with Gasteiger partial charge in [-0.2, -0.15) is 0 Å². The van der Waals surface area contributed by atoms with Crippen LogP contribution in [-0.4, -0.2) is 31.0 Å². The summed E-state index contributed by atoms with van der Waals surface area (Å²) in [4.78, 5) is 21.6. The maximum Gasteiger partial charge on any atom is 0.317 e. The van der Waals surface area contributed by atoms with Gasteiger partial charge in [-0.25, -0.2) is 0 Å². The molecule has 0 fully saturated rings. The van der Waals surface area contributed by atoms with Crippen molar-refractivity contribution in [2.24, 2.45) is 0 Å². The molecule has 0 saturated heterocycles. The van der Waals surface area contributed by atoms with Crippen molar-refractivity contribution in [2.45, 2.75) is 59.3 Å². The quantitative estimate of drug-likeness (QED) is 0.282. The lowest BCUT2D eigenvalue weighted by atomic mass is 10.3. The van der Waals surface area contributed by atoms with E-state index in [1.165, 1.54) is 19.3 Å². The van der Waals surface area contributed by atoms with Gasteiger partial charge in [-0.3, -0.25) is 9.59 Å². The van der Waals surface area contributed by atoms with Crippen LogP contribution in [0.2, 0.25) is 0 Å². The molecular formula is C14H27ClO4. The highest BCUT2D eigenvalue weighted by molar-refractivity contribution is 6.17. The molecule has 0 atom stereocenters. The third kappa shape index (κ3) is 19.7. The van der Waals surface area contributed by atoms with E-state index in [0.717, 1.165) is 18.7 Å². The van der Waals surface area contributed by atoms with Gasteiger partial charge in [0.2, 0.25) is 0 Å². The van der Waals surface area contributed by atoms with E-state index in [1.807, 2.05) is 6.92 Å². The Morgan fingerprint density at radius 2 is 1.47 bits per heavy atom. The summed E-state index contributed by atoms with van der Waals surface area (Å²) in [6, 6.07) is 0. The molecule has 114 valence electrons. The zero-order valence-electron chi connectivity index (χ0n) is 12.4. The Morgan fingerprint density at radius 1 is 0.895 bits per heavy atom. The molecule has 0 N–H and O–H groups in total. The molecule has 0 aromatic rings. The lowest BCUT2D eigenvalue weighted by molar-refractivity contribution is -0.154. The summed E-state index contributed by atoms with van der Waals surface area (Å²) in [7, 11) is 0. The van der Waals surface area contributed by atoms with Crippen LogP contribution in [0.1, 0.15) is 59.3 Å². The van der Waals surface area contributed by atoms with Crippen LogP contribution < -0.4 is 0 Å². The Hall–Kier alpha value is -0.770. The second kappa shape index (κ2) is 17.2. The van der Waals surface area contributed by atoms with Crippen LogP contribution in [0.25, 0.3) is 0 Å². The van der Waals surface area contributed by atoms with E-state index in [-0.39, 0.29) is 6.42 Å². The molecule has 0 aliphatic heterocycles. The predicted molar refractivity (Wildman–Crippen MR) is 77.4 cm³/mol. The zero-order valence-corrected chi connectivity index (χ0v) is 13.1. The molecule has 0 amide bonds. The Bertz CT molecular complexity index is 215. The van der Waals surface area contributed by atoms with E-state index in [2.05, 4.69) is 11.7 Å². The Labute approximate surface area is 121 Å². The molecule has 0 aliphatic carbocycles. The largest absolute Gasteiger partial charge is 0.466 e. The predicted octanol–water partition coefficient (Wildman–Crippen LogP) is 3.70. The topological polar surface area (TPSA) is 52.6 Å². The molecule has 19 heavy (non-hydrogen) atoms. The molecular weight excluding hydrogens is 268 g/mol. The number of rotatable bonds is 9. The SMILES string of the molecule is CCCCCCl.CCCCOC(=O)CC(=O)OCC. The van der Waals surface area contributed by atoms with Gasteiger partial charge in [-0.05, 0) is 19.8 Å². The highest BCUT2D eigenvalue weighted by Crippen LogP contribution is 1.94. The minimum absolute atomic E-state index is 0.280. The van der Waals surface area contributed by atoms with Crippen LogP contribution in [0, 0.1) is 0 Å². The van der Waals surface area contributed by atoms with E-state index in [9.17, 15) is 9.59 Å². The van der Waals surface area contributed by atoms with Gasteiger partial charge in [0.05, 0.1) is 13.2 Å². The average Bonchev–Trinajstić information content (AvgIpc) is 2.37. The Kier molecular flexibility index (Phi) is 18.6. The summed E-state index contributed by atoms with van der Waals surface area (Å²) in [6.07, 6.45) is 5.24. The first kappa shape index (κ1) is 20.5. The number of unbranched alkanes of at least 4 members (excludes halogenated alkanes) is 3. The maximum absolute atomic E-state index is 10.9. The van der Waals surface area contributed by atoms with E-state index >= 15 is 0 Å². The van der Waals surface area contributed by atoms with Crippen LogP contribution in [0.15, 0.2) is 0 Å². The summed E-state index contributed by atoms with van der Waals surface area (Å²) in [5.41, 5.74) is 0. The van der Waals surface area contributed by atoms with Gasteiger partial charge in [0.15, 0.2) is 0 Å². The van der Waals surface area contributed by atoms with Crippen LogP contribution in [0.3, 0.4) is 0 Å². The summed E-state index contributed by atoms with van der Waals surface area (Å²) in [5.74, 6) is -0.204. The number of carbonyl (C=O) groups excluding carboxylic acids is 2.